The number of carboxylic acid groups (broad SMARTS) is 1. The molecule has 0 aliphatic heterocycles. The fourth-order valence-electron chi connectivity index (χ4n) is 2.47. The van der Waals surface area contributed by atoms with Crippen LogP contribution < -0.4 is 5.32 Å². The molecular weight excluding hydrogens is 234 g/mol. The van der Waals surface area contributed by atoms with Crippen molar-refractivity contribution in [3.05, 3.63) is 21.9 Å². The van der Waals surface area contributed by atoms with Crippen molar-refractivity contribution in [2.24, 2.45) is 5.92 Å². The summed E-state index contributed by atoms with van der Waals surface area (Å²) in [6.45, 7) is 3.03. The third-order valence-electron chi connectivity index (χ3n) is 3.58. The highest BCUT2D eigenvalue weighted by Gasteiger charge is 2.21. The molecule has 1 aromatic heterocycles. The van der Waals surface area contributed by atoms with E-state index in [0.29, 0.717) is 10.9 Å². The van der Waals surface area contributed by atoms with Gasteiger partial charge in [-0.1, -0.05) is 12.8 Å². The molecule has 1 aromatic rings. The lowest BCUT2D eigenvalue weighted by atomic mass is 10.00. The average Bonchev–Trinajstić information content (AvgIpc) is 2.97. The van der Waals surface area contributed by atoms with Crippen LogP contribution in [0.25, 0.3) is 0 Å². The van der Waals surface area contributed by atoms with Gasteiger partial charge >= 0.3 is 5.97 Å². The molecule has 1 aliphatic rings. The predicted molar refractivity (Wildman–Crippen MR) is 69.5 cm³/mol. The van der Waals surface area contributed by atoms with Gasteiger partial charge in [0.2, 0.25) is 0 Å². The Bertz CT molecular complexity index is 383. The Kier molecular flexibility index (Phi) is 4.18. The smallest absolute Gasteiger partial charge is 0.345 e. The first-order chi connectivity index (χ1) is 8.16. The number of nitrogens with one attached hydrogen (secondary N) is 1. The summed E-state index contributed by atoms with van der Waals surface area (Å²) in [6, 6.07) is 4.13. The van der Waals surface area contributed by atoms with Crippen LogP contribution in [0.1, 0.15) is 47.2 Å². The van der Waals surface area contributed by atoms with Crippen LogP contribution in [0, 0.1) is 5.92 Å². The van der Waals surface area contributed by atoms with Gasteiger partial charge in [-0.05, 0) is 37.8 Å². The van der Waals surface area contributed by atoms with Crippen molar-refractivity contribution in [1.29, 1.82) is 0 Å². The molecule has 1 aliphatic carbocycles. The molecule has 0 bridgehead atoms. The fourth-order valence-corrected chi connectivity index (χ4v) is 3.27. The number of hydrogen-bond acceptors (Lipinski definition) is 3. The molecule has 0 radical (unpaired) electrons. The van der Waals surface area contributed by atoms with E-state index in [1.165, 1.54) is 37.0 Å². The zero-order chi connectivity index (χ0) is 12.3. The van der Waals surface area contributed by atoms with Crippen molar-refractivity contribution in [2.75, 3.05) is 0 Å². The Morgan fingerprint density at radius 1 is 1.53 bits per heavy atom. The summed E-state index contributed by atoms with van der Waals surface area (Å²) in [5.41, 5.74) is 0. The average molecular weight is 253 g/mol. The SMILES string of the molecule is CC(NCc1ccc(C(=O)O)s1)C1CCCC1. The first-order valence-corrected chi connectivity index (χ1v) is 7.04. The summed E-state index contributed by atoms with van der Waals surface area (Å²) in [5, 5.41) is 12.3. The van der Waals surface area contributed by atoms with Crippen LogP contribution in [-0.2, 0) is 6.54 Å². The minimum absolute atomic E-state index is 0.426. The van der Waals surface area contributed by atoms with Crippen molar-refractivity contribution in [3.63, 3.8) is 0 Å². The Balaban J connectivity index is 1.82. The lowest BCUT2D eigenvalue weighted by molar-refractivity contribution is 0.0702. The quantitative estimate of drug-likeness (QED) is 0.847. The van der Waals surface area contributed by atoms with Crippen molar-refractivity contribution < 1.29 is 9.90 Å². The molecule has 1 saturated carbocycles. The second kappa shape index (κ2) is 5.65. The third kappa shape index (κ3) is 3.30. The maximum absolute atomic E-state index is 10.8. The van der Waals surface area contributed by atoms with Gasteiger partial charge < -0.3 is 10.4 Å². The zero-order valence-corrected chi connectivity index (χ0v) is 10.9. The number of aromatic carboxylic acids is 1. The van der Waals surface area contributed by atoms with Gasteiger partial charge in [0.25, 0.3) is 0 Å². The van der Waals surface area contributed by atoms with Crippen molar-refractivity contribution in [3.8, 4) is 0 Å². The summed E-state index contributed by atoms with van der Waals surface area (Å²) in [7, 11) is 0. The Labute approximate surface area is 106 Å². The van der Waals surface area contributed by atoms with E-state index in [1.807, 2.05) is 6.07 Å². The highest BCUT2D eigenvalue weighted by molar-refractivity contribution is 7.13. The summed E-state index contributed by atoms with van der Waals surface area (Å²) in [6.07, 6.45) is 5.38. The molecule has 4 heteroatoms. The Morgan fingerprint density at radius 2 is 2.24 bits per heavy atom. The number of rotatable bonds is 5. The van der Waals surface area contributed by atoms with Gasteiger partial charge in [0, 0.05) is 17.5 Å². The van der Waals surface area contributed by atoms with E-state index in [2.05, 4.69) is 12.2 Å². The van der Waals surface area contributed by atoms with Gasteiger partial charge in [0.05, 0.1) is 0 Å². The Hall–Kier alpha value is -0.870. The molecule has 2 N–H and O–H groups in total. The standard InChI is InChI=1S/C13H19NO2S/c1-9(10-4-2-3-5-10)14-8-11-6-7-12(17-11)13(15)16/h6-7,9-10,14H,2-5,8H2,1H3,(H,15,16). The number of carboxylic acids is 1. The lowest BCUT2D eigenvalue weighted by Gasteiger charge is -2.19. The van der Waals surface area contributed by atoms with Gasteiger partial charge in [0.1, 0.15) is 4.88 Å². The number of hydrogen-bond donors (Lipinski definition) is 2. The van der Waals surface area contributed by atoms with Crippen LogP contribution in [0.3, 0.4) is 0 Å². The van der Waals surface area contributed by atoms with Crippen LogP contribution >= 0.6 is 11.3 Å². The molecule has 1 fully saturated rings. The summed E-state index contributed by atoms with van der Waals surface area (Å²) >= 11 is 1.36. The topological polar surface area (TPSA) is 49.3 Å². The summed E-state index contributed by atoms with van der Waals surface area (Å²) in [4.78, 5) is 12.3. The van der Waals surface area contributed by atoms with Gasteiger partial charge in [0.15, 0.2) is 0 Å². The van der Waals surface area contributed by atoms with Gasteiger partial charge in [-0.15, -0.1) is 11.3 Å². The first-order valence-electron chi connectivity index (χ1n) is 6.22. The maximum atomic E-state index is 10.8. The second-order valence-corrected chi connectivity index (χ2v) is 5.95. The molecule has 1 heterocycles. The number of thiophene rings is 1. The summed E-state index contributed by atoms with van der Waals surface area (Å²) in [5.74, 6) is -0.0287. The second-order valence-electron chi connectivity index (χ2n) is 4.79. The number of carbonyl (C=O) groups is 1. The monoisotopic (exact) mass is 253 g/mol. The lowest BCUT2D eigenvalue weighted by Crippen LogP contribution is -2.31. The van der Waals surface area contributed by atoms with E-state index < -0.39 is 5.97 Å². The van der Waals surface area contributed by atoms with Crippen LogP contribution in [0.15, 0.2) is 12.1 Å². The van der Waals surface area contributed by atoms with Crippen LogP contribution in [0.5, 0.6) is 0 Å². The molecule has 17 heavy (non-hydrogen) atoms. The molecule has 0 saturated heterocycles. The third-order valence-corrected chi connectivity index (χ3v) is 4.65. The molecule has 2 rings (SSSR count). The normalized spacial score (nSPS) is 18.4. The van der Waals surface area contributed by atoms with Crippen LogP contribution in [-0.4, -0.2) is 17.1 Å². The highest BCUT2D eigenvalue weighted by Crippen LogP contribution is 2.27. The van der Waals surface area contributed by atoms with Crippen LogP contribution in [0.4, 0.5) is 0 Å². The molecule has 1 atom stereocenters. The minimum Gasteiger partial charge on any atom is -0.477 e. The van der Waals surface area contributed by atoms with E-state index in [4.69, 9.17) is 5.11 Å². The largest absolute Gasteiger partial charge is 0.477 e. The van der Waals surface area contributed by atoms with Gasteiger partial charge in [-0.25, -0.2) is 4.79 Å². The molecular formula is C13H19NO2S. The molecule has 1 unspecified atom stereocenters. The molecule has 94 valence electrons. The van der Waals surface area contributed by atoms with E-state index in [-0.39, 0.29) is 0 Å². The van der Waals surface area contributed by atoms with E-state index in [9.17, 15) is 4.79 Å². The minimum atomic E-state index is -0.829. The van der Waals surface area contributed by atoms with E-state index in [0.717, 1.165) is 17.3 Å². The van der Waals surface area contributed by atoms with Crippen LogP contribution in [0.2, 0.25) is 0 Å². The molecule has 0 spiro atoms. The van der Waals surface area contributed by atoms with Crippen molar-refractivity contribution in [2.45, 2.75) is 45.2 Å². The zero-order valence-electron chi connectivity index (χ0n) is 10.1. The van der Waals surface area contributed by atoms with Crippen molar-refractivity contribution in [1.82, 2.24) is 5.32 Å². The van der Waals surface area contributed by atoms with Gasteiger partial charge in [-0.3, -0.25) is 0 Å². The Morgan fingerprint density at radius 3 is 2.82 bits per heavy atom. The van der Waals surface area contributed by atoms with Gasteiger partial charge in [-0.2, -0.15) is 0 Å². The molecule has 3 nitrogen and oxygen atoms in total. The van der Waals surface area contributed by atoms with E-state index >= 15 is 0 Å². The van der Waals surface area contributed by atoms with Crippen molar-refractivity contribution >= 4 is 17.3 Å². The molecule has 0 aromatic carbocycles. The first kappa shape index (κ1) is 12.6. The maximum Gasteiger partial charge on any atom is 0.345 e. The highest BCUT2D eigenvalue weighted by atomic mass is 32.1. The van der Waals surface area contributed by atoms with E-state index in [1.54, 1.807) is 6.07 Å². The molecule has 0 amide bonds. The summed E-state index contributed by atoms with van der Waals surface area (Å²) < 4.78 is 0. The fraction of sp³-hybridized carbons (Fsp3) is 0.615. The predicted octanol–water partition coefficient (Wildman–Crippen LogP) is 3.11.